The molecule has 0 atom stereocenters. The Bertz CT molecular complexity index is 879. The Hall–Kier alpha value is -2.87. The molecular formula is C23H26F3N3O2. The maximum atomic E-state index is 13.1. The van der Waals surface area contributed by atoms with Crippen LogP contribution in [0.25, 0.3) is 0 Å². The van der Waals surface area contributed by atoms with Crippen LogP contribution < -0.4 is 10.6 Å². The standard InChI is InChI=1S/C23H26F3N3O2/c24-23(25,26)19-8-4-5-9-20(19)28-22(31)16-29-14-12-18(13-15-29)27-21(30)11-10-17-6-2-1-3-7-17/h1-9,18H,10-16H2,(H,27,30)(H,28,31). The molecule has 1 aliphatic rings. The van der Waals surface area contributed by atoms with Gasteiger partial charge in [0.1, 0.15) is 0 Å². The zero-order chi connectivity index (χ0) is 22.3. The molecule has 0 saturated carbocycles. The molecule has 31 heavy (non-hydrogen) atoms. The number of nitrogens with zero attached hydrogens (tertiary/aromatic N) is 1. The molecule has 2 amide bonds. The van der Waals surface area contributed by atoms with Crippen molar-refractivity contribution in [1.29, 1.82) is 0 Å². The second kappa shape index (κ2) is 10.4. The first-order valence-corrected chi connectivity index (χ1v) is 10.3. The Morgan fingerprint density at radius 1 is 0.935 bits per heavy atom. The van der Waals surface area contributed by atoms with E-state index in [2.05, 4.69) is 10.6 Å². The van der Waals surface area contributed by atoms with Crippen LogP contribution in [0.5, 0.6) is 0 Å². The van der Waals surface area contributed by atoms with Crippen molar-refractivity contribution in [2.45, 2.75) is 37.9 Å². The Labute approximate surface area is 179 Å². The van der Waals surface area contributed by atoms with Crippen molar-refractivity contribution in [3.63, 3.8) is 0 Å². The summed E-state index contributed by atoms with van der Waals surface area (Å²) in [5, 5.41) is 5.41. The molecule has 1 aliphatic heterocycles. The fourth-order valence-electron chi connectivity index (χ4n) is 3.67. The number of nitrogens with one attached hydrogen (secondary N) is 2. The van der Waals surface area contributed by atoms with Crippen LogP contribution in [0.4, 0.5) is 18.9 Å². The number of piperidine rings is 1. The number of carbonyl (C=O) groups excluding carboxylic acids is 2. The van der Waals surface area contributed by atoms with Gasteiger partial charge in [-0.25, -0.2) is 0 Å². The molecule has 0 spiro atoms. The molecule has 1 saturated heterocycles. The predicted molar refractivity (Wildman–Crippen MR) is 112 cm³/mol. The minimum Gasteiger partial charge on any atom is -0.353 e. The van der Waals surface area contributed by atoms with Gasteiger partial charge in [0.2, 0.25) is 11.8 Å². The molecule has 2 N–H and O–H groups in total. The highest BCUT2D eigenvalue weighted by Gasteiger charge is 2.33. The van der Waals surface area contributed by atoms with Crippen molar-refractivity contribution < 1.29 is 22.8 Å². The summed E-state index contributed by atoms with van der Waals surface area (Å²) in [7, 11) is 0. The summed E-state index contributed by atoms with van der Waals surface area (Å²) in [4.78, 5) is 26.3. The van der Waals surface area contributed by atoms with Gasteiger partial charge in [0.25, 0.3) is 0 Å². The molecule has 3 rings (SSSR count). The van der Waals surface area contributed by atoms with Crippen LogP contribution in [-0.4, -0.2) is 42.4 Å². The smallest absolute Gasteiger partial charge is 0.353 e. The summed E-state index contributed by atoms with van der Waals surface area (Å²) in [6.07, 6.45) is -2.02. The first-order valence-electron chi connectivity index (χ1n) is 10.3. The van der Waals surface area contributed by atoms with Crippen molar-refractivity contribution in [3.05, 3.63) is 65.7 Å². The number of rotatable bonds is 7. The van der Waals surface area contributed by atoms with Crippen LogP contribution in [0.3, 0.4) is 0 Å². The van der Waals surface area contributed by atoms with Gasteiger partial charge in [0.15, 0.2) is 0 Å². The second-order valence-corrected chi connectivity index (χ2v) is 7.70. The quantitative estimate of drug-likeness (QED) is 0.697. The number of alkyl halides is 3. The third-order valence-electron chi connectivity index (χ3n) is 5.31. The Balaban J connectivity index is 1.40. The summed E-state index contributed by atoms with van der Waals surface area (Å²) in [5.74, 6) is -0.481. The lowest BCUT2D eigenvalue weighted by atomic mass is 10.0. The number of halogens is 3. The maximum absolute atomic E-state index is 13.1. The third kappa shape index (κ3) is 7.10. The molecular weight excluding hydrogens is 407 g/mol. The highest BCUT2D eigenvalue weighted by atomic mass is 19.4. The molecule has 1 heterocycles. The molecule has 0 aliphatic carbocycles. The van der Waals surface area contributed by atoms with Gasteiger partial charge in [-0.1, -0.05) is 42.5 Å². The highest BCUT2D eigenvalue weighted by molar-refractivity contribution is 5.93. The number of hydrogen-bond donors (Lipinski definition) is 2. The summed E-state index contributed by atoms with van der Waals surface area (Å²) in [5.41, 5.74) is 0.0198. The lowest BCUT2D eigenvalue weighted by molar-refractivity contribution is -0.137. The van der Waals surface area contributed by atoms with Gasteiger partial charge in [-0.15, -0.1) is 0 Å². The van der Waals surface area contributed by atoms with E-state index < -0.39 is 17.6 Å². The summed E-state index contributed by atoms with van der Waals surface area (Å²) in [6.45, 7) is 1.21. The van der Waals surface area contributed by atoms with Gasteiger partial charge in [0, 0.05) is 25.6 Å². The third-order valence-corrected chi connectivity index (χ3v) is 5.31. The van der Waals surface area contributed by atoms with E-state index in [0.717, 1.165) is 11.6 Å². The average Bonchev–Trinajstić information content (AvgIpc) is 2.74. The molecule has 0 unspecified atom stereocenters. The van der Waals surface area contributed by atoms with Gasteiger partial charge < -0.3 is 10.6 Å². The summed E-state index contributed by atoms with van der Waals surface area (Å²) < 4.78 is 39.2. The Morgan fingerprint density at radius 3 is 2.26 bits per heavy atom. The van der Waals surface area contributed by atoms with Crippen LogP contribution >= 0.6 is 0 Å². The molecule has 0 bridgehead atoms. The molecule has 1 fully saturated rings. The largest absolute Gasteiger partial charge is 0.418 e. The SMILES string of the molecule is O=C(CN1CCC(NC(=O)CCc2ccccc2)CC1)Nc1ccccc1C(F)(F)F. The van der Waals surface area contributed by atoms with Crippen LogP contribution in [0.1, 0.15) is 30.4 Å². The fraction of sp³-hybridized carbons (Fsp3) is 0.391. The molecule has 0 radical (unpaired) electrons. The van der Waals surface area contributed by atoms with Gasteiger partial charge in [0.05, 0.1) is 17.8 Å². The first kappa shape index (κ1) is 22.8. The van der Waals surface area contributed by atoms with Gasteiger partial charge >= 0.3 is 6.18 Å². The first-order chi connectivity index (χ1) is 14.8. The minimum absolute atomic E-state index is 0.00352. The number of likely N-dealkylation sites (tertiary alicyclic amines) is 1. The van der Waals surface area contributed by atoms with Crippen molar-refractivity contribution in [1.82, 2.24) is 10.2 Å². The van der Waals surface area contributed by atoms with Crippen LogP contribution in [0.2, 0.25) is 0 Å². The van der Waals surface area contributed by atoms with Crippen molar-refractivity contribution in [3.8, 4) is 0 Å². The lowest BCUT2D eigenvalue weighted by Crippen LogP contribution is -2.46. The molecule has 166 valence electrons. The zero-order valence-corrected chi connectivity index (χ0v) is 17.1. The van der Waals surface area contributed by atoms with Crippen LogP contribution in [0, 0.1) is 0 Å². The van der Waals surface area contributed by atoms with Crippen LogP contribution in [0.15, 0.2) is 54.6 Å². The molecule has 2 aromatic rings. The number of para-hydroxylation sites is 1. The number of hydrogen-bond acceptors (Lipinski definition) is 3. The van der Waals surface area contributed by atoms with E-state index in [1.54, 1.807) is 0 Å². The summed E-state index contributed by atoms with van der Waals surface area (Å²) >= 11 is 0. The maximum Gasteiger partial charge on any atom is 0.418 e. The minimum atomic E-state index is -4.53. The van der Waals surface area contributed by atoms with E-state index in [4.69, 9.17) is 0 Å². The van der Waals surface area contributed by atoms with E-state index in [1.165, 1.54) is 18.2 Å². The topological polar surface area (TPSA) is 61.4 Å². The predicted octanol–water partition coefficient (Wildman–Crippen LogP) is 3.86. The van der Waals surface area contributed by atoms with Crippen molar-refractivity contribution >= 4 is 17.5 Å². The fourth-order valence-corrected chi connectivity index (χ4v) is 3.67. The van der Waals surface area contributed by atoms with Crippen LogP contribution in [-0.2, 0) is 22.2 Å². The molecule has 5 nitrogen and oxygen atoms in total. The molecule has 2 aromatic carbocycles. The second-order valence-electron chi connectivity index (χ2n) is 7.70. The summed E-state index contributed by atoms with van der Waals surface area (Å²) in [6, 6.07) is 14.8. The van der Waals surface area contributed by atoms with Crippen molar-refractivity contribution in [2.75, 3.05) is 25.0 Å². The van der Waals surface area contributed by atoms with E-state index in [-0.39, 0.29) is 24.2 Å². The normalized spacial score (nSPS) is 15.5. The van der Waals surface area contributed by atoms with E-state index in [1.807, 2.05) is 35.2 Å². The number of carbonyl (C=O) groups is 2. The number of aryl methyl sites for hydroxylation is 1. The van der Waals surface area contributed by atoms with Crippen molar-refractivity contribution in [2.24, 2.45) is 0 Å². The average molecular weight is 433 g/mol. The molecule has 8 heteroatoms. The van der Waals surface area contributed by atoms with Gasteiger partial charge in [-0.05, 0) is 37.0 Å². The zero-order valence-electron chi connectivity index (χ0n) is 17.1. The van der Waals surface area contributed by atoms with Gasteiger partial charge in [-0.3, -0.25) is 14.5 Å². The number of amides is 2. The Morgan fingerprint density at radius 2 is 1.58 bits per heavy atom. The van der Waals surface area contributed by atoms with E-state index in [0.29, 0.717) is 38.8 Å². The Kier molecular flexibility index (Phi) is 7.68. The van der Waals surface area contributed by atoms with E-state index in [9.17, 15) is 22.8 Å². The van der Waals surface area contributed by atoms with Gasteiger partial charge in [-0.2, -0.15) is 13.2 Å². The lowest BCUT2D eigenvalue weighted by Gasteiger charge is -2.32. The monoisotopic (exact) mass is 433 g/mol. The number of anilines is 1. The van der Waals surface area contributed by atoms with E-state index >= 15 is 0 Å². The number of benzene rings is 2. The highest BCUT2D eigenvalue weighted by Crippen LogP contribution is 2.34. The molecule has 0 aromatic heterocycles.